The number of benzene rings is 2. The monoisotopic (exact) mass is 1280 g/mol. The van der Waals surface area contributed by atoms with Crippen molar-refractivity contribution in [2.45, 2.75) is 38.1 Å². The molecule has 2 aromatic carbocycles. The Balaban J connectivity index is 0.000000911. The number of esters is 1. The molecule has 1 atom stereocenters. The quantitative estimate of drug-likeness (QED) is 0.0612. The van der Waals surface area contributed by atoms with E-state index in [1.165, 1.54) is 37.3 Å². The van der Waals surface area contributed by atoms with Gasteiger partial charge >= 0.3 is 75.1 Å². The van der Waals surface area contributed by atoms with Crippen LogP contribution < -0.4 is 26.6 Å². The first-order chi connectivity index (χ1) is 40.0. The minimum Gasteiger partial charge on any atom is -0.467 e. The van der Waals surface area contributed by atoms with Crippen molar-refractivity contribution < 1.29 is 98.8 Å². The summed E-state index contributed by atoms with van der Waals surface area (Å²) in [5, 5.41) is 5.56. The van der Waals surface area contributed by atoms with E-state index in [9.17, 15) is 28.8 Å². The molecule has 0 saturated heterocycles. The molecule has 0 aliphatic heterocycles. The predicted molar refractivity (Wildman–Crippen MR) is 309 cm³/mol. The molecule has 1 unspecified atom stereocenters. The zero-order valence-electron chi connectivity index (χ0n) is 47.1. The van der Waals surface area contributed by atoms with Crippen molar-refractivity contribution >= 4 is 24.1 Å². The molecule has 1 heterocycles. The predicted octanol–water partition coefficient (Wildman–Crippen LogP) is 6.53. The third kappa shape index (κ3) is 29.3. The summed E-state index contributed by atoms with van der Waals surface area (Å²) in [4.78, 5) is 81.9. The fourth-order valence-electron chi connectivity index (χ4n) is 8.02. The Morgan fingerprint density at radius 2 is 1.02 bits per heavy atom. The number of amides is 3. The van der Waals surface area contributed by atoms with Crippen molar-refractivity contribution in [3.05, 3.63) is 289 Å². The second-order valence-electron chi connectivity index (χ2n) is 18.7. The van der Waals surface area contributed by atoms with Crippen molar-refractivity contribution in [3.63, 3.8) is 0 Å². The van der Waals surface area contributed by atoms with Gasteiger partial charge in [0.1, 0.15) is 30.5 Å². The first kappa shape index (κ1) is 75.3. The topological polar surface area (TPSA) is 206 Å². The van der Waals surface area contributed by atoms with Crippen LogP contribution >= 0.6 is 0 Å². The smallest absolute Gasteiger partial charge is 0.467 e. The van der Waals surface area contributed by atoms with Gasteiger partial charge in [0.15, 0.2) is 0 Å². The van der Waals surface area contributed by atoms with Gasteiger partial charge in [0.2, 0.25) is 5.91 Å². The number of hydrogen-bond acceptors (Lipinski definition) is 12. The molecule has 0 spiro atoms. The van der Waals surface area contributed by atoms with Crippen LogP contribution in [0.4, 0.5) is 9.59 Å². The van der Waals surface area contributed by atoms with Crippen LogP contribution in [0.1, 0.15) is 16.7 Å². The number of carbonyl (C=O) groups is 4. The summed E-state index contributed by atoms with van der Waals surface area (Å²) in [6, 6.07) is 14.1. The Morgan fingerprint density at radius 3 is 1.46 bits per heavy atom. The van der Waals surface area contributed by atoms with Crippen LogP contribution in [0.25, 0.3) is 0 Å². The number of hydrogen-bond donors (Lipinski definition) is 3. The molecule has 6 fully saturated rings. The van der Waals surface area contributed by atoms with E-state index >= 15 is 0 Å². The number of methoxy groups -OCH3 is 1. The molecule has 6 aliphatic rings. The summed E-state index contributed by atoms with van der Waals surface area (Å²) < 4.78 is 35.7. The Morgan fingerprint density at radius 1 is 0.576 bits per heavy atom. The molecular formula is C65H69Fe3N5O12+6. The number of nitrogens with zero attached hydrogens (tertiary/aromatic N) is 2. The fraction of sp³-hybridized carbons (Fsp3) is 0.231. The first-order valence-electron chi connectivity index (χ1n) is 26.6. The van der Waals surface area contributed by atoms with E-state index < -0.39 is 53.4 Å². The number of aromatic nitrogens is 2. The number of carbonyl (C=O) groups excluding carboxylic acids is 4. The van der Waals surface area contributed by atoms with Crippen LogP contribution in [-0.2, 0) is 104 Å². The van der Waals surface area contributed by atoms with Gasteiger partial charge in [0.25, 0.3) is 5.56 Å². The molecule has 3 amide bonds. The molecule has 6 saturated carbocycles. The summed E-state index contributed by atoms with van der Waals surface area (Å²) in [6.07, 6.45) is 52.7. The first-order valence-corrected chi connectivity index (χ1v) is 26.6. The largest absolute Gasteiger partial charge is 2.00 e. The molecule has 85 heavy (non-hydrogen) atoms. The maximum atomic E-state index is 14.0. The Kier molecular flexibility index (Phi) is 38.7. The summed E-state index contributed by atoms with van der Waals surface area (Å²) >= 11 is 0. The molecule has 30 radical (unpaired) electrons. The van der Waals surface area contributed by atoms with E-state index in [-0.39, 0.29) is 128 Å². The Labute approximate surface area is 537 Å². The van der Waals surface area contributed by atoms with Crippen LogP contribution in [-0.4, -0.2) is 110 Å². The molecule has 444 valence electrons. The maximum Gasteiger partial charge on any atom is 2.00 e. The van der Waals surface area contributed by atoms with Gasteiger partial charge in [0.05, 0.1) is 46.8 Å². The number of alkyl carbamates (subject to hydrolysis) is 1. The number of aryl methyl sites for hydroxylation is 1. The van der Waals surface area contributed by atoms with Crippen LogP contribution in [0.5, 0.6) is 5.75 Å². The zero-order valence-corrected chi connectivity index (χ0v) is 50.4. The molecule has 1 aromatic heterocycles. The average molecular weight is 1280 g/mol. The molecular weight excluding hydrogens is 1210 g/mol. The van der Waals surface area contributed by atoms with E-state index in [1.54, 1.807) is 24.3 Å². The molecule has 6 aliphatic carbocycles. The van der Waals surface area contributed by atoms with E-state index in [1.807, 2.05) is 192 Å². The minimum absolute atomic E-state index is 0. The molecule has 3 N–H and O–H groups in total. The van der Waals surface area contributed by atoms with E-state index in [0.29, 0.717) is 5.56 Å². The number of ether oxygens (including phenoxy) is 6. The van der Waals surface area contributed by atoms with E-state index in [4.69, 9.17) is 28.4 Å². The second kappa shape index (κ2) is 43.6. The minimum atomic E-state index is -1.25. The fourth-order valence-corrected chi connectivity index (χ4v) is 8.02. The molecule has 17 nitrogen and oxygen atoms in total. The van der Waals surface area contributed by atoms with Crippen LogP contribution in [0, 0.1) is 198 Å². The van der Waals surface area contributed by atoms with Gasteiger partial charge in [-0.15, -0.1) is 0 Å². The number of H-pyrrole nitrogens is 1. The zero-order chi connectivity index (χ0) is 58.0. The van der Waals surface area contributed by atoms with E-state index in [0.717, 1.165) is 27.9 Å². The second-order valence-corrected chi connectivity index (χ2v) is 18.7. The SMILES string of the molecule is COC(=O)C(Cc1ccc(OC(=O)NC(COC[C]2[CH][CH][CH][CH]2)(COC[C]2[CH][CH][CH][CH]2)COC[C]2[CH][CH][CH][CH]2)cc1)N(CCNC(=O)OCc1ccccc1)C(=O)Cn1cc(C)c(=O)[nH]c1=O.[CH]1[CH][CH][CH][CH]1.[CH]1[CH][CH][CH][CH]1.[CH]1[CH][CH][CH][CH]1.[Fe+2].[Fe+2].[Fe+2]. The summed E-state index contributed by atoms with van der Waals surface area (Å²) in [5.74, 6) is 1.59. The summed E-state index contributed by atoms with van der Waals surface area (Å²) in [6.45, 7) is 1.58. The van der Waals surface area contributed by atoms with Gasteiger partial charge in [-0.2, -0.15) is 0 Å². The van der Waals surface area contributed by atoms with Crippen molar-refractivity contribution in [1.82, 2.24) is 25.1 Å². The number of aromatic amines is 1. The van der Waals surface area contributed by atoms with Gasteiger partial charge in [0, 0.05) is 49.0 Å². The van der Waals surface area contributed by atoms with Crippen molar-refractivity contribution in [2.75, 3.05) is 59.8 Å². The van der Waals surface area contributed by atoms with Crippen molar-refractivity contribution in [1.29, 1.82) is 0 Å². The molecule has 0 bridgehead atoms. The van der Waals surface area contributed by atoms with Crippen LogP contribution in [0.15, 0.2) is 70.4 Å². The Hall–Kier alpha value is -3.96. The molecule has 3 aromatic rings. The standard InChI is InChI=1S/C50H54N5O12.3C5H5.3Fe/c1-36-27-54(47(59)52-45(36)57)28-44(56)55(25-24-51-48(60)66-32-41-12-4-3-5-13-41)43(46(58)62-2)26-37-20-22-42(23-21-37)67-49(61)53-50(33-63-29-38-14-6-7-15-38,34-64-30-39-16-8-9-17-39)35-65-31-40-18-10-11-19-40;3*1-2-4-5-3-1;;;/h3-23,27,43H,24-26,28-35H2,1-2H3,(H,51,60)(H,53,61)(H,52,57,59);3*1-5H;;;/q;;;;3*+2. The number of nitrogens with one attached hydrogen (secondary N) is 3. The maximum absolute atomic E-state index is 14.0. The van der Waals surface area contributed by atoms with Crippen LogP contribution in [0.3, 0.4) is 0 Å². The summed E-state index contributed by atoms with van der Waals surface area (Å²) in [5.41, 5.74) is -1.09. The number of rotatable bonds is 25. The Bertz CT molecular complexity index is 2320. The van der Waals surface area contributed by atoms with Gasteiger partial charge in [-0.05, 0) is 204 Å². The third-order valence-corrected chi connectivity index (χ3v) is 12.2. The van der Waals surface area contributed by atoms with E-state index in [2.05, 4.69) is 15.6 Å². The summed E-state index contributed by atoms with van der Waals surface area (Å²) in [7, 11) is 1.18. The van der Waals surface area contributed by atoms with Gasteiger partial charge < -0.3 is 44.0 Å². The van der Waals surface area contributed by atoms with Gasteiger partial charge in [-0.25, -0.2) is 19.2 Å². The normalized spacial score (nSPS) is 17.0. The van der Waals surface area contributed by atoms with Gasteiger partial charge in [-0.1, -0.05) is 42.5 Å². The van der Waals surface area contributed by atoms with Gasteiger partial charge in [-0.3, -0.25) is 19.1 Å². The van der Waals surface area contributed by atoms with Crippen molar-refractivity contribution in [3.8, 4) is 5.75 Å². The molecule has 9 rings (SSSR count). The average Bonchev–Trinajstić information content (AvgIpc) is 4.12. The third-order valence-electron chi connectivity index (χ3n) is 12.2. The molecule has 20 heteroatoms. The van der Waals surface area contributed by atoms with Crippen molar-refractivity contribution in [2.24, 2.45) is 0 Å². The van der Waals surface area contributed by atoms with Crippen LogP contribution in [0.2, 0.25) is 0 Å².